The van der Waals surface area contributed by atoms with Crippen LogP contribution in [-0.4, -0.2) is 18.9 Å². The molecular weight excluding hydrogens is 258 g/mol. The van der Waals surface area contributed by atoms with E-state index >= 15 is 0 Å². The van der Waals surface area contributed by atoms with E-state index in [0.29, 0.717) is 6.20 Å². The first-order valence-electron chi connectivity index (χ1n) is 3.52. The molecule has 10 heteroatoms. The maximum Gasteiger partial charge on any atom is 0.534 e. The third-order valence-electron chi connectivity index (χ3n) is 1.32. The molecule has 16 heavy (non-hydrogen) atoms. The van der Waals surface area contributed by atoms with Gasteiger partial charge in [0.2, 0.25) is 0 Å². The predicted molar refractivity (Wildman–Crippen MR) is 42.6 cm³/mol. The largest absolute Gasteiger partial charge is 0.534 e. The molecule has 0 aliphatic heterocycles. The molecule has 0 saturated heterocycles. The van der Waals surface area contributed by atoms with Gasteiger partial charge in [-0.1, -0.05) is 0 Å². The number of alkyl halides is 3. The highest BCUT2D eigenvalue weighted by Gasteiger charge is 2.48. The quantitative estimate of drug-likeness (QED) is 0.484. The van der Waals surface area contributed by atoms with Crippen LogP contribution in [0.15, 0.2) is 17.1 Å². The predicted octanol–water partition coefficient (Wildman–Crippen LogP) is 0.742. The monoisotopic (exact) mass is 261 g/mol. The van der Waals surface area contributed by atoms with Gasteiger partial charge in [-0.3, -0.25) is 4.79 Å². The minimum absolute atomic E-state index is 0.251. The topological polar surface area (TPSA) is 76.2 Å². The Labute approximate surface area is 85.8 Å². The van der Waals surface area contributed by atoms with Gasteiger partial charge in [-0.25, -0.2) is 4.39 Å². The zero-order valence-electron chi connectivity index (χ0n) is 7.21. The second-order valence-electron chi connectivity index (χ2n) is 2.49. The van der Waals surface area contributed by atoms with Crippen LogP contribution in [-0.2, 0) is 10.1 Å². The first-order valence-corrected chi connectivity index (χ1v) is 4.93. The molecule has 0 aliphatic rings. The van der Waals surface area contributed by atoms with E-state index in [1.165, 1.54) is 0 Å². The minimum atomic E-state index is -5.95. The molecule has 0 atom stereocenters. The van der Waals surface area contributed by atoms with E-state index in [-0.39, 0.29) is 6.07 Å². The van der Waals surface area contributed by atoms with Crippen LogP contribution in [0, 0.1) is 5.82 Å². The summed E-state index contributed by atoms with van der Waals surface area (Å²) in [7, 11) is -5.95. The van der Waals surface area contributed by atoms with E-state index < -0.39 is 32.8 Å². The van der Waals surface area contributed by atoms with Crippen molar-refractivity contribution in [2.45, 2.75) is 5.51 Å². The highest BCUT2D eigenvalue weighted by Crippen LogP contribution is 2.27. The van der Waals surface area contributed by atoms with E-state index in [1.54, 1.807) is 4.98 Å². The van der Waals surface area contributed by atoms with Gasteiger partial charge < -0.3 is 9.17 Å². The van der Waals surface area contributed by atoms with Gasteiger partial charge in [0.1, 0.15) is 0 Å². The maximum absolute atomic E-state index is 12.8. The maximum atomic E-state index is 12.8. The zero-order chi connectivity index (χ0) is 12.6. The van der Waals surface area contributed by atoms with Gasteiger partial charge in [0, 0.05) is 6.07 Å². The van der Waals surface area contributed by atoms with Crippen molar-refractivity contribution in [3.63, 3.8) is 0 Å². The Hall–Kier alpha value is -1.58. The van der Waals surface area contributed by atoms with Crippen molar-refractivity contribution in [1.82, 2.24) is 4.98 Å². The number of rotatable bonds is 2. The zero-order valence-corrected chi connectivity index (χ0v) is 8.02. The van der Waals surface area contributed by atoms with Crippen LogP contribution in [0.25, 0.3) is 0 Å². The van der Waals surface area contributed by atoms with Crippen molar-refractivity contribution in [3.8, 4) is 5.75 Å². The lowest BCUT2D eigenvalue weighted by atomic mass is 10.4. The smallest absolute Gasteiger partial charge is 0.371 e. The number of aromatic amines is 1. The molecule has 0 aromatic carbocycles. The van der Waals surface area contributed by atoms with E-state index in [2.05, 4.69) is 4.18 Å². The first-order chi connectivity index (χ1) is 7.13. The summed E-state index contributed by atoms with van der Waals surface area (Å²) in [6.45, 7) is 0. The molecule has 0 amide bonds. The fourth-order valence-corrected chi connectivity index (χ4v) is 1.12. The number of hydrogen-bond acceptors (Lipinski definition) is 4. The van der Waals surface area contributed by atoms with E-state index in [1.807, 2.05) is 0 Å². The molecule has 0 bridgehead atoms. The summed E-state index contributed by atoms with van der Waals surface area (Å²) in [5.41, 5.74) is -6.62. The van der Waals surface area contributed by atoms with Crippen molar-refractivity contribution in [1.29, 1.82) is 0 Å². The Morgan fingerprint density at radius 2 is 1.88 bits per heavy atom. The Kier molecular flexibility index (Phi) is 2.95. The molecule has 5 nitrogen and oxygen atoms in total. The number of pyridine rings is 1. The lowest BCUT2D eigenvalue weighted by Crippen LogP contribution is -2.28. The molecule has 90 valence electrons. The van der Waals surface area contributed by atoms with Gasteiger partial charge in [-0.05, 0) is 0 Å². The number of H-pyrrole nitrogens is 1. The SMILES string of the molecule is O=c1cc(F)c(OS(=O)(=O)C(F)(F)F)c[nH]1. The molecule has 0 unspecified atom stereocenters. The highest BCUT2D eigenvalue weighted by atomic mass is 32.2. The molecule has 0 aliphatic carbocycles. The Morgan fingerprint density at radius 1 is 1.31 bits per heavy atom. The van der Waals surface area contributed by atoms with Gasteiger partial charge in [-0.2, -0.15) is 21.6 Å². The third kappa shape index (κ3) is 2.51. The fourth-order valence-electron chi connectivity index (χ4n) is 0.663. The lowest BCUT2D eigenvalue weighted by molar-refractivity contribution is -0.0501. The molecular formula is C6H3F4NO4S. The van der Waals surface area contributed by atoms with Crippen molar-refractivity contribution >= 4 is 10.1 Å². The van der Waals surface area contributed by atoms with Crippen molar-refractivity contribution < 1.29 is 30.2 Å². The number of hydrogen-bond donors (Lipinski definition) is 1. The van der Waals surface area contributed by atoms with E-state index in [4.69, 9.17) is 0 Å². The van der Waals surface area contributed by atoms with Crippen LogP contribution < -0.4 is 9.74 Å². The molecule has 1 rings (SSSR count). The van der Waals surface area contributed by atoms with Crippen molar-refractivity contribution in [3.05, 3.63) is 28.4 Å². The molecule has 1 N–H and O–H groups in total. The van der Waals surface area contributed by atoms with Crippen LogP contribution in [0.4, 0.5) is 17.6 Å². The van der Waals surface area contributed by atoms with Gasteiger partial charge in [-0.15, -0.1) is 0 Å². The van der Waals surface area contributed by atoms with Crippen molar-refractivity contribution in [2.24, 2.45) is 0 Å². The standard InChI is InChI=1S/C6H3F4NO4S/c7-3-1-5(12)11-2-4(3)15-16(13,14)6(8,9)10/h1-2H,(H,11,12). The average molecular weight is 261 g/mol. The third-order valence-corrected chi connectivity index (χ3v) is 2.29. The Balaban J connectivity index is 3.12. The summed E-state index contributed by atoms with van der Waals surface area (Å²) in [5, 5.41) is 0. The number of halogens is 4. The number of aromatic nitrogens is 1. The van der Waals surface area contributed by atoms with Crippen molar-refractivity contribution in [2.75, 3.05) is 0 Å². The minimum Gasteiger partial charge on any atom is -0.371 e. The van der Waals surface area contributed by atoms with Gasteiger partial charge in [0.15, 0.2) is 11.6 Å². The first kappa shape index (κ1) is 12.5. The van der Waals surface area contributed by atoms with Gasteiger partial charge in [0.05, 0.1) is 6.20 Å². The van der Waals surface area contributed by atoms with E-state index in [0.717, 1.165) is 0 Å². The molecule has 0 fully saturated rings. The molecule has 0 spiro atoms. The van der Waals surface area contributed by atoms with Gasteiger partial charge >= 0.3 is 15.6 Å². The lowest BCUT2D eigenvalue weighted by Gasteiger charge is -2.09. The summed E-state index contributed by atoms with van der Waals surface area (Å²) in [6.07, 6.45) is 0.376. The Morgan fingerprint density at radius 3 is 2.31 bits per heavy atom. The fraction of sp³-hybridized carbons (Fsp3) is 0.167. The summed E-state index contributed by atoms with van der Waals surface area (Å²) in [6, 6.07) is 0.251. The summed E-state index contributed by atoms with van der Waals surface area (Å²) in [4.78, 5) is 12.2. The van der Waals surface area contributed by atoms with Crippen LogP contribution in [0.5, 0.6) is 5.75 Å². The molecule has 1 heterocycles. The van der Waals surface area contributed by atoms with Crippen LogP contribution in [0.3, 0.4) is 0 Å². The molecule has 0 radical (unpaired) electrons. The van der Waals surface area contributed by atoms with Crippen LogP contribution >= 0.6 is 0 Å². The van der Waals surface area contributed by atoms with Gasteiger partial charge in [0.25, 0.3) is 5.56 Å². The van der Waals surface area contributed by atoms with Crippen LogP contribution in [0.1, 0.15) is 0 Å². The van der Waals surface area contributed by atoms with Crippen LogP contribution in [0.2, 0.25) is 0 Å². The normalized spacial score (nSPS) is 12.5. The summed E-state index contributed by atoms with van der Waals surface area (Å²) >= 11 is 0. The molecule has 1 aromatic heterocycles. The highest BCUT2D eigenvalue weighted by molar-refractivity contribution is 7.87. The van der Waals surface area contributed by atoms with E-state index in [9.17, 15) is 30.8 Å². The second kappa shape index (κ2) is 3.77. The average Bonchev–Trinajstić information content (AvgIpc) is 2.08. The number of nitrogens with one attached hydrogen (secondary N) is 1. The molecule has 0 saturated carbocycles. The second-order valence-corrected chi connectivity index (χ2v) is 4.03. The summed E-state index contributed by atoms with van der Waals surface area (Å²) < 4.78 is 72.6. The molecule has 1 aromatic rings. The summed E-state index contributed by atoms with van der Waals surface area (Å²) in [5.74, 6) is -2.76. The Bertz CT molecular complexity index is 546.